The number of methoxy groups -OCH3 is 1. The number of hydrogen-bond donors (Lipinski definition) is 2. The minimum absolute atomic E-state index is 0.136. The average Bonchev–Trinajstić information content (AvgIpc) is 2.70. The van der Waals surface area contributed by atoms with E-state index in [1.807, 2.05) is 6.07 Å². The number of thioether (sulfide) groups is 2. The summed E-state index contributed by atoms with van der Waals surface area (Å²) in [7, 11) is 1.68. The van der Waals surface area contributed by atoms with Gasteiger partial charge in [-0.1, -0.05) is 0 Å². The first-order chi connectivity index (χ1) is 8.65. The van der Waals surface area contributed by atoms with E-state index in [0.717, 1.165) is 11.3 Å². The zero-order valence-electron chi connectivity index (χ0n) is 10.6. The second-order valence-electron chi connectivity index (χ2n) is 4.28. The Morgan fingerprint density at radius 2 is 1.83 bits per heavy atom. The molecule has 0 amide bonds. The van der Waals surface area contributed by atoms with Crippen molar-refractivity contribution < 1.29 is 14.9 Å². The molecular weight excluding hydrogens is 268 g/mol. The molecule has 2 N–H and O–H groups in total. The highest BCUT2D eigenvalue weighted by Gasteiger charge is 2.39. The van der Waals surface area contributed by atoms with Crippen LogP contribution in [0.4, 0.5) is 0 Å². The lowest BCUT2D eigenvalue weighted by atomic mass is 10.2. The Kier molecular flexibility index (Phi) is 4.48. The van der Waals surface area contributed by atoms with Crippen LogP contribution in [0.25, 0.3) is 0 Å². The fourth-order valence-corrected chi connectivity index (χ4v) is 5.44. The predicted octanol–water partition coefficient (Wildman–Crippen LogP) is 2.66. The molecule has 0 bridgehead atoms. The van der Waals surface area contributed by atoms with E-state index in [4.69, 9.17) is 4.74 Å². The lowest BCUT2D eigenvalue weighted by Gasteiger charge is -2.25. The van der Waals surface area contributed by atoms with Crippen LogP contribution in [-0.4, -0.2) is 34.6 Å². The molecule has 1 aliphatic heterocycles. The van der Waals surface area contributed by atoms with Crippen LogP contribution in [0.5, 0.6) is 5.75 Å². The molecule has 0 aliphatic carbocycles. The molecule has 0 unspecified atom stereocenters. The summed E-state index contributed by atoms with van der Waals surface area (Å²) in [6.07, 6.45) is 1.36. The molecule has 0 radical (unpaired) electrons. The fraction of sp³-hybridized carbons (Fsp3) is 0.538. The van der Waals surface area contributed by atoms with Crippen LogP contribution in [0.3, 0.4) is 0 Å². The first-order valence-corrected chi connectivity index (χ1v) is 7.56. The number of ether oxygens (including phenoxy) is 1. The third-order valence-corrected chi connectivity index (χ3v) is 6.59. The molecule has 2 rings (SSSR count). The summed E-state index contributed by atoms with van der Waals surface area (Å²) in [5, 5.41) is 18.5. The predicted molar refractivity (Wildman–Crippen MR) is 75.6 cm³/mol. The number of benzene rings is 1. The summed E-state index contributed by atoms with van der Waals surface area (Å²) in [6, 6.07) is 4.05. The van der Waals surface area contributed by atoms with Crippen LogP contribution in [0.1, 0.15) is 18.4 Å². The van der Waals surface area contributed by atoms with Crippen LogP contribution in [0, 0.1) is 6.92 Å². The van der Waals surface area contributed by atoms with Gasteiger partial charge in [-0.2, -0.15) is 0 Å². The summed E-state index contributed by atoms with van der Waals surface area (Å²) in [4.78, 5) is 2.45. The molecule has 1 aromatic carbocycles. The molecule has 1 aromatic rings. The van der Waals surface area contributed by atoms with Crippen molar-refractivity contribution in [1.29, 1.82) is 0 Å². The second-order valence-corrected chi connectivity index (χ2v) is 7.36. The number of aliphatic hydroxyl groups excluding tert-OH is 2. The van der Waals surface area contributed by atoms with Crippen molar-refractivity contribution in [3.63, 3.8) is 0 Å². The third-order valence-electron chi connectivity index (χ3n) is 3.11. The Bertz CT molecular complexity index is 428. The van der Waals surface area contributed by atoms with Crippen LogP contribution in [-0.2, 0) is 0 Å². The SMILES string of the molecule is COc1ccc2c(c1C)SC(CCO)(CCO)S2. The summed E-state index contributed by atoms with van der Waals surface area (Å²) in [6.45, 7) is 2.34. The van der Waals surface area contributed by atoms with Crippen LogP contribution < -0.4 is 4.74 Å². The van der Waals surface area contributed by atoms with E-state index >= 15 is 0 Å². The quantitative estimate of drug-likeness (QED) is 0.871. The lowest BCUT2D eigenvalue weighted by molar-refractivity contribution is 0.254. The Balaban J connectivity index is 2.32. The van der Waals surface area contributed by atoms with Crippen LogP contribution in [0.2, 0.25) is 0 Å². The minimum atomic E-state index is -0.136. The van der Waals surface area contributed by atoms with E-state index in [2.05, 4.69) is 13.0 Å². The van der Waals surface area contributed by atoms with Crippen molar-refractivity contribution in [1.82, 2.24) is 0 Å². The van der Waals surface area contributed by atoms with Crippen molar-refractivity contribution in [3.05, 3.63) is 17.7 Å². The van der Waals surface area contributed by atoms with Gasteiger partial charge >= 0.3 is 0 Å². The highest BCUT2D eigenvalue weighted by atomic mass is 32.2. The third kappa shape index (κ3) is 2.50. The molecule has 1 heterocycles. The van der Waals surface area contributed by atoms with E-state index in [1.165, 1.54) is 9.79 Å². The van der Waals surface area contributed by atoms with Crippen molar-refractivity contribution in [2.45, 2.75) is 33.6 Å². The van der Waals surface area contributed by atoms with Gasteiger partial charge in [0.1, 0.15) is 5.75 Å². The van der Waals surface area contributed by atoms with Crippen LogP contribution >= 0.6 is 23.5 Å². The minimum Gasteiger partial charge on any atom is -0.496 e. The van der Waals surface area contributed by atoms with E-state index in [-0.39, 0.29) is 17.3 Å². The van der Waals surface area contributed by atoms with Gasteiger partial charge in [0.05, 0.1) is 11.2 Å². The number of fused-ring (bicyclic) bond motifs is 1. The van der Waals surface area contributed by atoms with Gasteiger partial charge in [-0.3, -0.25) is 0 Å². The Morgan fingerprint density at radius 1 is 1.17 bits per heavy atom. The van der Waals surface area contributed by atoms with Crippen molar-refractivity contribution >= 4 is 23.5 Å². The maximum Gasteiger partial charge on any atom is 0.122 e. The van der Waals surface area contributed by atoms with Gasteiger partial charge in [0.2, 0.25) is 0 Å². The maximum absolute atomic E-state index is 9.23. The Hall–Kier alpha value is -0.360. The van der Waals surface area contributed by atoms with Gasteiger partial charge in [-0.15, -0.1) is 23.5 Å². The van der Waals surface area contributed by atoms with Crippen molar-refractivity contribution in [3.8, 4) is 5.75 Å². The monoisotopic (exact) mass is 286 g/mol. The molecule has 0 saturated heterocycles. The average molecular weight is 286 g/mol. The fourth-order valence-electron chi connectivity index (χ4n) is 2.15. The molecule has 0 fully saturated rings. The molecule has 0 atom stereocenters. The van der Waals surface area contributed by atoms with Gasteiger partial charge in [0, 0.05) is 28.6 Å². The first-order valence-electron chi connectivity index (χ1n) is 5.93. The van der Waals surface area contributed by atoms with Crippen molar-refractivity contribution in [2.75, 3.05) is 20.3 Å². The van der Waals surface area contributed by atoms with Gasteiger partial charge in [0.25, 0.3) is 0 Å². The van der Waals surface area contributed by atoms with Gasteiger partial charge < -0.3 is 14.9 Å². The molecule has 0 saturated carbocycles. The molecule has 0 aromatic heterocycles. The normalized spacial score (nSPS) is 16.7. The maximum atomic E-state index is 9.23. The molecule has 18 heavy (non-hydrogen) atoms. The summed E-state index contributed by atoms with van der Waals surface area (Å²) in [5.74, 6) is 0.894. The first kappa shape index (κ1) is 14.1. The zero-order chi connectivity index (χ0) is 13.2. The molecular formula is C13H18O3S2. The topological polar surface area (TPSA) is 49.7 Å². The van der Waals surface area contributed by atoms with E-state index < -0.39 is 0 Å². The molecule has 100 valence electrons. The van der Waals surface area contributed by atoms with Crippen molar-refractivity contribution in [2.24, 2.45) is 0 Å². The van der Waals surface area contributed by atoms with Crippen LogP contribution in [0.15, 0.2) is 21.9 Å². The molecule has 1 aliphatic rings. The Morgan fingerprint density at radius 3 is 2.39 bits per heavy atom. The smallest absolute Gasteiger partial charge is 0.122 e. The zero-order valence-corrected chi connectivity index (χ0v) is 12.2. The van der Waals surface area contributed by atoms with Gasteiger partial charge in [0.15, 0.2) is 0 Å². The second kappa shape index (κ2) is 5.74. The summed E-state index contributed by atoms with van der Waals surface area (Å²) in [5.41, 5.74) is 1.14. The number of rotatable bonds is 5. The van der Waals surface area contributed by atoms with Gasteiger partial charge in [-0.25, -0.2) is 0 Å². The number of aliphatic hydroxyl groups is 2. The van der Waals surface area contributed by atoms with E-state index in [1.54, 1.807) is 30.6 Å². The largest absolute Gasteiger partial charge is 0.496 e. The highest BCUT2D eigenvalue weighted by Crippen LogP contribution is 2.60. The van der Waals surface area contributed by atoms with Gasteiger partial charge in [-0.05, 0) is 31.9 Å². The lowest BCUT2D eigenvalue weighted by Crippen LogP contribution is -2.20. The van der Waals surface area contributed by atoms with E-state index in [9.17, 15) is 10.2 Å². The molecule has 3 nitrogen and oxygen atoms in total. The summed E-state index contributed by atoms with van der Waals surface area (Å²) >= 11 is 3.51. The number of hydrogen-bond acceptors (Lipinski definition) is 5. The molecule has 0 spiro atoms. The van der Waals surface area contributed by atoms with E-state index in [0.29, 0.717) is 12.8 Å². The highest BCUT2D eigenvalue weighted by molar-refractivity contribution is 8.20. The standard InChI is InChI=1S/C13H18O3S2/c1-9-10(16-2)3-4-11-12(9)18-13(17-11,5-7-14)6-8-15/h3-4,14-15H,5-8H2,1-2H3. The molecule has 5 heteroatoms. The Labute approximate surface area is 116 Å². The summed E-state index contributed by atoms with van der Waals surface area (Å²) < 4.78 is 5.20.